The summed E-state index contributed by atoms with van der Waals surface area (Å²) in [5, 5.41) is 4.32. The third-order valence-electron chi connectivity index (χ3n) is 2.72. The number of carbonyl (C=O) groups excluding carboxylic acids is 1. The van der Waals surface area contributed by atoms with E-state index in [2.05, 4.69) is 5.32 Å². The first-order valence-corrected chi connectivity index (χ1v) is 6.99. The lowest BCUT2D eigenvalue weighted by atomic mass is 10.2. The van der Waals surface area contributed by atoms with E-state index in [1.165, 1.54) is 0 Å². The van der Waals surface area contributed by atoms with Gasteiger partial charge in [-0.3, -0.25) is 4.79 Å². The highest BCUT2D eigenvalue weighted by Gasteiger charge is 2.01. The van der Waals surface area contributed by atoms with Crippen molar-refractivity contribution in [2.45, 2.75) is 6.54 Å². The molecule has 2 rings (SSSR count). The second kappa shape index (κ2) is 7.20. The molecule has 3 N–H and O–H groups in total. The van der Waals surface area contributed by atoms with Gasteiger partial charge in [-0.25, -0.2) is 0 Å². The Morgan fingerprint density at radius 2 is 1.81 bits per heavy atom. The summed E-state index contributed by atoms with van der Waals surface area (Å²) >= 11 is 11.8. The zero-order valence-electron chi connectivity index (χ0n) is 11.1. The summed E-state index contributed by atoms with van der Waals surface area (Å²) < 4.78 is 5.18. The average molecular weight is 325 g/mol. The van der Waals surface area contributed by atoms with Gasteiger partial charge in [0.1, 0.15) is 5.75 Å². The molecule has 2 aromatic carbocycles. The summed E-state index contributed by atoms with van der Waals surface area (Å²) in [7, 11) is 0. The molecule has 1 amide bonds. The highest BCUT2D eigenvalue weighted by Crippen LogP contribution is 2.23. The van der Waals surface area contributed by atoms with Crippen molar-refractivity contribution < 1.29 is 9.53 Å². The lowest BCUT2D eigenvalue weighted by molar-refractivity contribution is -0.119. The number of nitrogens with two attached hydrogens (primary N) is 1. The van der Waals surface area contributed by atoms with Crippen molar-refractivity contribution in [3.63, 3.8) is 0 Å². The molecule has 0 fully saturated rings. The van der Waals surface area contributed by atoms with Crippen molar-refractivity contribution in [1.29, 1.82) is 0 Å². The van der Waals surface area contributed by atoms with E-state index in [1.807, 2.05) is 24.3 Å². The minimum absolute atomic E-state index is 0.129. The van der Waals surface area contributed by atoms with Gasteiger partial charge in [0, 0.05) is 12.2 Å². The molecule has 0 heterocycles. The van der Waals surface area contributed by atoms with Crippen LogP contribution in [0, 0.1) is 0 Å². The molecule has 0 radical (unpaired) electrons. The summed E-state index contributed by atoms with van der Waals surface area (Å²) in [6, 6.07) is 12.7. The van der Waals surface area contributed by atoms with E-state index >= 15 is 0 Å². The van der Waals surface area contributed by atoms with Gasteiger partial charge in [0.05, 0.1) is 10.0 Å². The first kappa shape index (κ1) is 15.5. The monoisotopic (exact) mass is 324 g/mol. The van der Waals surface area contributed by atoms with E-state index in [4.69, 9.17) is 33.7 Å². The first-order chi connectivity index (χ1) is 10.0. The Bertz CT molecular complexity index is 630. The molecule has 0 aliphatic rings. The molecule has 21 heavy (non-hydrogen) atoms. The standard InChI is InChI=1S/C15H14Cl2N2O2/c16-13-6-1-10(7-14(13)17)8-19-11-2-4-12(5-3-11)21-9-15(18)20/h1-7,19H,8-9H2,(H2,18,20). The van der Waals surface area contributed by atoms with Gasteiger partial charge in [-0.1, -0.05) is 29.3 Å². The van der Waals surface area contributed by atoms with Gasteiger partial charge in [-0.15, -0.1) is 0 Å². The van der Waals surface area contributed by atoms with Crippen LogP contribution in [0.4, 0.5) is 5.69 Å². The van der Waals surface area contributed by atoms with Gasteiger partial charge < -0.3 is 15.8 Å². The summed E-state index contributed by atoms with van der Waals surface area (Å²) in [4.78, 5) is 10.6. The number of rotatable bonds is 6. The number of halogens is 2. The van der Waals surface area contributed by atoms with Crippen LogP contribution in [0.15, 0.2) is 42.5 Å². The second-order valence-corrected chi connectivity index (χ2v) is 5.20. The van der Waals surface area contributed by atoms with Crippen LogP contribution in [-0.4, -0.2) is 12.5 Å². The maximum absolute atomic E-state index is 10.6. The van der Waals surface area contributed by atoms with Crippen molar-refractivity contribution in [3.8, 4) is 5.75 Å². The molecule has 0 aromatic heterocycles. The second-order valence-electron chi connectivity index (χ2n) is 4.38. The number of anilines is 1. The molecule has 6 heteroatoms. The fraction of sp³-hybridized carbons (Fsp3) is 0.133. The van der Waals surface area contributed by atoms with Crippen LogP contribution < -0.4 is 15.8 Å². The summed E-state index contributed by atoms with van der Waals surface area (Å²) in [5.41, 5.74) is 6.96. The predicted molar refractivity (Wildman–Crippen MR) is 84.9 cm³/mol. The van der Waals surface area contributed by atoms with Gasteiger partial charge in [0.2, 0.25) is 0 Å². The third-order valence-corrected chi connectivity index (χ3v) is 3.46. The number of hydrogen-bond acceptors (Lipinski definition) is 3. The normalized spacial score (nSPS) is 10.2. The molecule has 0 aliphatic heterocycles. The van der Waals surface area contributed by atoms with E-state index in [9.17, 15) is 4.79 Å². The SMILES string of the molecule is NC(=O)COc1ccc(NCc2ccc(Cl)c(Cl)c2)cc1. The van der Waals surface area contributed by atoms with Crippen molar-refractivity contribution in [3.05, 3.63) is 58.1 Å². The molecular formula is C15H14Cl2N2O2. The Balaban J connectivity index is 1.91. The Labute approximate surface area is 132 Å². The predicted octanol–water partition coefficient (Wildman–Crippen LogP) is 3.47. The van der Waals surface area contributed by atoms with Gasteiger partial charge in [0.15, 0.2) is 6.61 Å². The summed E-state index contributed by atoms with van der Waals surface area (Å²) in [6.07, 6.45) is 0. The molecule has 0 bridgehead atoms. The number of primary amides is 1. The number of nitrogens with one attached hydrogen (secondary N) is 1. The van der Waals surface area contributed by atoms with Gasteiger partial charge in [-0.2, -0.15) is 0 Å². The minimum Gasteiger partial charge on any atom is -0.484 e. The zero-order chi connectivity index (χ0) is 15.2. The number of carbonyl (C=O) groups is 1. The smallest absolute Gasteiger partial charge is 0.255 e. The Morgan fingerprint density at radius 3 is 2.43 bits per heavy atom. The fourth-order valence-corrected chi connectivity index (χ4v) is 2.00. The average Bonchev–Trinajstić information content (AvgIpc) is 2.47. The Hall–Kier alpha value is -1.91. The quantitative estimate of drug-likeness (QED) is 0.855. The van der Waals surface area contributed by atoms with Crippen LogP contribution in [0.25, 0.3) is 0 Å². The van der Waals surface area contributed by atoms with Crippen molar-refractivity contribution >= 4 is 34.8 Å². The van der Waals surface area contributed by atoms with Crippen molar-refractivity contribution in [2.75, 3.05) is 11.9 Å². The molecule has 2 aromatic rings. The topological polar surface area (TPSA) is 64.4 Å². The highest BCUT2D eigenvalue weighted by molar-refractivity contribution is 6.42. The molecular weight excluding hydrogens is 311 g/mol. The van der Waals surface area contributed by atoms with Crippen molar-refractivity contribution in [2.24, 2.45) is 5.73 Å². The number of benzene rings is 2. The number of amides is 1. The molecule has 110 valence electrons. The summed E-state index contributed by atoms with van der Waals surface area (Å²) in [6.45, 7) is 0.494. The first-order valence-electron chi connectivity index (χ1n) is 6.23. The fourth-order valence-electron chi connectivity index (χ4n) is 1.68. The van der Waals surface area contributed by atoms with Crippen LogP contribution in [0.1, 0.15) is 5.56 Å². The molecule has 4 nitrogen and oxygen atoms in total. The molecule has 0 spiro atoms. The van der Waals surface area contributed by atoms with Gasteiger partial charge in [0.25, 0.3) is 5.91 Å². The molecule has 0 aliphatic carbocycles. The van der Waals surface area contributed by atoms with E-state index < -0.39 is 5.91 Å². The van der Waals surface area contributed by atoms with E-state index in [0.29, 0.717) is 22.3 Å². The third kappa shape index (κ3) is 4.85. The molecule has 0 unspecified atom stereocenters. The molecule has 0 saturated carbocycles. The van der Waals surface area contributed by atoms with Crippen LogP contribution in [0.2, 0.25) is 10.0 Å². The van der Waals surface area contributed by atoms with Crippen LogP contribution in [0.3, 0.4) is 0 Å². The molecule has 0 atom stereocenters. The van der Waals surface area contributed by atoms with E-state index in [0.717, 1.165) is 11.3 Å². The maximum Gasteiger partial charge on any atom is 0.255 e. The Kier molecular flexibility index (Phi) is 5.31. The minimum atomic E-state index is -0.503. The number of ether oxygens (including phenoxy) is 1. The van der Waals surface area contributed by atoms with Crippen molar-refractivity contribution in [1.82, 2.24) is 0 Å². The van der Waals surface area contributed by atoms with Crippen LogP contribution >= 0.6 is 23.2 Å². The lowest BCUT2D eigenvalue weighted by Gasteiger charge is -2.09. The van der Waals surface area contributed by atoms with E-state index in [-0.39, 0.29) is 6.61 Å². The summed E-state index contributed by atoms with van der Waals surface area (Å²) in [5.74, 6) is 0.0886. The Morgan fingerprint density at radius 1 is 1.10 bits per heavy atom. The van der Waals surface area contributed by atoms with Gasteiger partial charge in [-0.05, 0) is 42.0 Å². The largest absolute Gasteiger partial charge is 0.484 e. The highest BCUT2D eigenvalue weighted by atomic mass is 35.5. The zero-order valence-corrected chi connectivity index (χ0v) is 12.6. The van der Waals surface area contributed by atoms with Gasteiger partial charge >= 0.3 is 0 Å². The maximum atomic E-state index is 10.6. The molecule has 0 saturated heterocycles. The van der Waals surface area contributed by atoms with E-state index in [1.54, 1.807) is 18.2 Å². The van der Waals surface area contributed by atoms with Crippen LogP contribution in [0.5, 0.6) is 5.75 Å². The lowest BCUT2D eigenvalue weighted by Crippen LogP contribution is -2.19. The van der Waals surface area contributed by atoms with Crippen LogP contribution in [-0.2, 0) is 11.3 Å². The number of hydrogen-bond donors (Lipinski definition) is 2.